The number of halogens is 1. The molecule has 1 heterocycles. The lowest BCUT2D eigenvalue weighted by atomic mass is 10.2. The smallest absolute Gasteiger partial charge is 0.140 e. The maximum Gasteiger partial charge on any atom is 0.140 e. The first-order valence-corrected chi connectivity index (χ1v) is 4.61. The molecule has 0 radical (unpaired) electrons. The molecule has 68 valence electrons. The summed E-state index contributed by atoms with van der Waals surface area (Å²) in [5, 5.41) is 1.41. The van der Waals surface area contributed by atoms with Crippen molar-refractivity contribution >= 4 is 22.5 Å². The summed E-state index contributed by atoms with van der Waals surface area (Å²) in [6.45, 7) is 4.00. The van der Waals surface area contributed by atoms with Crippen molar-refractivity contribution in [2.24, 2.45) is 0 Å². The summed E-state index contributed by atoms with van der Waals surface area (Å²) in [4.78, 5) is 7.91. The molecule has 0 atom stereocenters. The van der Waals surface area contributed by atoms with E-state index in [-0.39, 0.29) is 0 Å². The van der Waals surface area contributed by atoms with Crippen molar-refractivity contribution < 1.29 is 0 Å². The van der Waals surface area contributed by atoms with E-state index in [2.05, 4.69) is 9.97 Å². The summed E-state index contributed by atoms with van der Waals surface area (Å²) < 4.78 is 0. The van der Waals surface area contributed by atoms with E-state index in [9.17, 15) is 0 Å². The van der Waals surface area contributed by atoms with Crippen molar-refractivity contribution in [2.75, 3.05) is 0 Å². The van der Waals surface area contributed by atoms with Gasteiger partial charge in [-0.25, -0.2) is 9.97 Å². The quantitative estimate of drug-likeness (QED) is 0.602. The molecule has 3 heteroatoms. The van der Waals surface area contributed by atoms with Crippen LogP contribution in [-0.2, 0) is 0 Å². The zero-order chi connectivity index (χ0) is 9.68. The Labute approximate surface area is 82.6 Å². The fourth-order valence-electron chi connectivity index (χ4n) is 0.972. The van der Waals surface area contributed by atoms with E-state index in [1.165, 1.54) is 6.33 Å². The second kappa shape index (κ2) is 4.77. The summed E-state index contributed by atoms with van der Waals surface area (Å²) in [6, 6.07) is 7.64. The molecular weight excluding hydrogens is 184 g/mol. The van der Waals surface area contributed by atoms with Gasteiger partial charge in [-0.3, -0.25) is 0 Å². The number of hydrogen-bond donors (Lipinski definition) is 0. The molecule has 0 spiro atoms. The lowest BCUT2D eigenvalue weighted by molar-refractivity contribution is 1.22. The van der Waals surface area contributed by atoms with Crippen LogP contribution in [0.3, 0.4) is 0 Å². The molecule has 13 heavy (non-hydrogen) atoms. The third-order valence-electron chi connectivity index (χ3n) is 1.49. The van der Waals surface area contributed by atoms with Gasteiger partial charge in [-0.15, -0.1) is 0 Å². The van der Waals surface area contributed by atoms with Crippen LogP contribution in [0.15, 0.2) is 30.6 Å². The topological polar surface area (TPSA) is 25.8 Å². The normalized spacial score (nSPS) is 9.15. The first-order valence-electron chi connectivity index (χ1n) is 4.23. The SMILES string of the molecule is CC.Clc1ncnc2ccccc12. The van der Waals surface area contributed by atoms with Gasteiger partial charge in [-0.2, -0.15) is 0 Å². The third kappa shape index (κ3) is 2.16. The Balaban J connectivity index is 0.000000396. The molecule has 0 fully saturated rings. The molecule has 0 N–H and O–H groups in total. The van der Waals surface area contributed by atoms with Crippen LogP contribution in [0, 0.1) is 0 Å². The fraction of sp³-hybridized carbons (Fsp3) is 0.200. The number of aromatic nitrogens is 2. The Kier molecular flexibility index (Phi) is 3.65. The summed E-state index contributed by atoms with van der Waals surface area (Å²) in [6.07, 6.45) is 1.46. The van der Waals surface area contributed by atoms with Crippen molar-refractivity contribution in [1.29, 1.82) is 0 Å². The molecule has 1 aromatic heterocycles. The van der Waals surface area contributed by atoms with Crippen molar-refractivity contribution in [1.82, 2.24) is 9.97 Å². The number of rotatable bonds is 0. The predicted molar refractivity (Wildman–Crippen MR) is 55.9 cm³/mol. The molecule has 0 saturated heterocycles. The minimum Gasteiger partial charge on any atom is -0.236 e. The maximum absolute atomic E-state index is 5.81. The van der Waals surface area contributed by atoms with Crippen LogP contribution >= 0.6 is 11.6 Å². The molecule has 0 bridgehead atoms. The lowest BCUT2D eigenvalue weighted by Gasteiger charge is -1.95. The molecular formula is C10H11ClN2. The van der Waals surface area contributed by atoms with Gasteiger partial charge in [-0.05, 0) is 12.1 Å². The van der Waals surface area contributed by atoms with E-state index in [1.54, 1.807) is 0 Å². The zero-order valence-corrected chi connectivity index (χ0v) is 8.42. The van der Waals surface area contributed by atoms with Crippen molar-refractivity contribution in [3.8, 4) is 0 Å². The third-order valence-corrected chi connectivity index (χ3v) is 1.80. The van der Waals surface area contributed by atoms with E-state index >= 15 is 0 Å². The average molecular weight is 195 g/mol. The summed E-state index contributed by atoms with van der Waals surface area (Å²) in [5.74, 6) is 0. The van der Waals surface area contributed by atoms with Gasteiger partial charge in [0.05, 0.1) is 5.52 Å². The first kappa shape index (κ1) is 9.93. The molecule has 1 aromatic carbocycles. The van der Waals surface area contributed by atoms with Gasteiger partial charge in [0.25, 0.3) is 0 Å². The second-order valence-corrected chi connectivity index (χ2v) is 2.54. The van der Waals surface area contributed by atoms with Gasteiger partial charge in [0.2, 0.25) is 0 Å². The van der Waals surface area contributed by atoms with E-state index in [4.69, 9.17) is 11.6 Å². The van der Waals surface area contributed by atoms with Gasteiger partial charge in [0, 0.05) is 5.39 Å². The number of hydrogen-bond acceptors (Lipinski definition) is 2. The predicted octanol–water partition coefficient (Wildman–Crippen LogP) is 3.31. The van der Waals surface area contributed by atoms with Gasteiger partial charge in [-0.1, -0.05) is 37.6 Å². The summed E-state index contributed by atoms with van der Waals surface area (Å²) in [5.41, 5.74) is 0.882. The molecule has 2 aromatic rings. The minimum atomic E-state index is 0.510. The molecule has 0 saturated carbocycles. The van der Waals surface area contributed by atoms with Crippen molar-refractivity contribution in [3.05, 3.63) is 35.7 Å². The largest absolute Gasteiger partial charge is 0.236 e. The number of para-hydroxylation sites is 1. The van der Waals surface area contributed by atoms with Gasteiger partial charge in [0.15, 0.2) is 0 Å². The molecule has 0 aliphatic heterocycles. The van der Waals surface area contributed by atoms with Crippen LogP contribution in [0.2, 0.25) is 5.15 Å². The Hall–Kier alpha value is -1.15. The van der Waals surface area contributed by atoms with Gasteiger partial charge in [0.1, 0.15) is 11.5 Å². The summed E-state index contributed by atoms with van der Waals surface area (Å²) in [7, 11) is 0. The van der Waals surface area contributed by atoms with Crippen molar-refractivity contribution in [3.63, 3.8) is 0 Å². The first-order chi connectivity index (χ1) is 6.38. The van der Waals surface area contributed by atoms with E-state index in [0.717, 1.165) is 10.9 Å². The number of nitrogens with zero attached hydrogens (tertiary/aromatic N) is 2. The Morgan fingerprint density at radius 2 is 1.77 bits per heavy atom. The highest BCUT2D eigenvalue weighted by molar-refractivity contribution is 6.33. The van der Waals surface area contributed by atoms with Crippen LogP contribution < -0.4 is 0 Å². The van der Waals surface area contributed by atoms with Crippen LogP contribution in [0.5, 0.6) is 0 Å². The minimum absolute atomic E-state index is 0.510. The Morgan fingerprint density at radius 3 is 2.46 bits per heavy atom. The van der Waals surface area contributed by atoms with Gasteiger partial charge < -0.3 is 0 Å². The maximum atomic E-state index is 5.81. The monoisotopic (exact) mass is 194 g/mol. The highest BCUT2D eigenvalue weighted by Gasteiger charge is 1.96. The van der Waals surface area contributed by atoms with Gasteiger partial charge >= 0.3 is 0 Å². The molecule has 2 rings (SSSR count). The number of fused-ring (bicyclic) bond motifs is 1. The Morgan fingerprint density at radius 1 is 1.08 bits per heavy atom. The molecule has 0 amide bonds. The summed E-state index contributed by atoms with van der Waals surface area (Å²) >= 11 is 5.81. The van der Waals surface area contributed by atoms with E-state index < -0.39 is 0 Å². The van der Waals surface area contributed by atoms with Crippen LogP contribution in [0.4, 0.5) is 0 Å². The zero-order valence-electron chi connectivity index (χ0n) is 7.66. The van der Waals surface area contributed by atoms with Crippen LogP contribution in [0.25, 0.3) is 10.9 Å². The standard InChI is InChI=1S/C8H5ClN2.C2H6/c9-8-6-3-1-2-4-7(6)10-5-11-8;1-2/h1-5H;1-2H3. The van der Waals surface area contributed by atoms with Crippen molar-refractivity contribution in [2.45, 2.75) is 13.8 Å². The second-order valence-electron chi connectivity index (χ2n) is 2.18. The fourth-order valence-corrected chi connectivity index (χ4v) is 1.18. The molecule has 0 unspecified atom stereocenters. The van der Waals surface area contributed by atoms with Crippen LogP contribution in [0.1, 0.15) is 13.8 Å². The Bertz CT molecular complexity index is 382. The van der Waals surface area contributed by atoms with E-state index in [0.29, 0.717) is 5.15 Å². The molecule has 0 aliphatic carbocycles. The lowest BCUT2D eigenvalue weighted by Crippen LogP contribution is -1.81. The molecule has 2 nitrogen and oxygen atoms in total. The average Bonchev–Trinajstić information content (AvgIpc) is 2.22. The van der Waals surface area contributed by atoms with E-state index in [1.807, 2.05) is 38.1 Å². The molecule has 0 aliphatic rings. The highest BCUT2D eigenvalue weighted by atomic mass is 35.5. The highest BCUT2D eigenvalue weighted by Crippen LogP contribution is 2.17. The van der Waals surface area contributed by atoms with Crippen LogP contribution in [-0.4, -0.2) is 9.97 Å². The number of benzene rings is 1.